The molecule has 0 spiro atoms. The molecule has 0 aliphatic carbocycles. The van der Waals surface area contributed by atoms with Gasteiger partial charge in [0.25, 0.3) is 0 Å². The van der Waals surface area contributed by atoms with Crippen LogP contribution in [0.3, 0.4) is 0 Å². The molecule has 4 atom stereocenters. The molecule has 3 aliphatic heterocycles. The maximum Gasteiger partial charge on any atom is 0.171 e. The minimum atomic E-state index is -0.430. The lowest BCUT2D eigenvalue weighted by Crippen LogP contribution is -2.58. The van der Waals surface area contributed by atoms with E-state index in [0.29, 0.717) is 36.5 Å². The molecule has 0 amide bonds. The molecular weight excluding hydrogens is 516 g/mol. The van der Waals surface area contributed by atoms with Gasteiger partial charge in [-0.3, -0.25) is 14.8 Å². The fourth-order valence-electron chi connectivity index (χ4n) is 6.54. The zero-order valence-electron chi connectivity index (χ0n) is 22.9. The number of nitrogens with zero attached hydrogens (tertiary/aromatic N) is 8. The summed E-state index contributed by atoms with van der Waals surface area (Å²) in [6, 6.07) is 7.57. The Morgan fingerprint density at radius 2 is 1.93 bits per heavy atom. The van der Waals surface area contributed by atoms with E-state index >= 15 is 4.39 Å². The van der Waals surface area contributed by atoms with E-state index in [-0.39, 0.29) is 30.0 Å². The quantitative estimate of drug-likeness (QED) is 0.509. The minimum absolute atomic E-state index is 0.0706. The monoisotopic (exact) mass is 551 g/mol. The van der Waals surface area contributed by atoms with Crippen LogP contribution in [0.25, 0.3) is 5.52 Å². The predicted octanol–water partition coefficient (Wildman–Crippen LogP) is 1.83. The van der Waals surface area contributed by atoms with Crippen LogP contribution in [-0.2, 0) is 11.3 Å². The number of nitriles is 1. The molecule has 3 saturated heterocycles. The zero-order valence-corrected chi connectivity index (χ0v) is 22.9. The fraction of sp³-hybridized carbons (Fsp3) is 0.536. The second kappa shape index (κ2) is 10.9. The van der Waals surface area contributed by atoms with Gasteiger partial charge in [-0.05, 0) is 25.5 Å². The van der Waals surface area contributed by atoms with E-state index in [1.165, 1.54) is 10.7 Å². The van der Waals surface area contributed by atoms with Crippen molar-refractivity contribution in [1.29, 1.82) is 5.26 Å². The van der Waals surface area contributed by atoms with Gasteiger partial charge in [0, 0.05) is 77.6 Å². The molecule has 0 saturated carbocycles. The van der Waals surface area contributed by atoms with E-state index in [0.717, 1.165) is 50.5 Å². The molecule has 3 aliphatic rings. The third-order valence-corrected chi connectivity index (χ3v) is 8.71. The minimum Gasteiger partial charge on any atom is -0.378 e. The molecule has 10 nitrogen and oxygen atoms in total. The Labute approximate surface area is 232 Å². The van der Waals surface area contributed by atoms with E-state index < -0.39 is 5.82 Å². The second-order valence-corrected chi connectivity index (χ2v) is 11.1. The standard InChI is InChI=1S/C28H35F2N9O/c1-18-13-37(26-4-3-19(10-31)39-28(26)23(30)12-34-39)14-20-5-6-35(7-8-38(18)20)16-25-22(29)9-21(11-33-25)36-15-24(32)27(17-36)40-2/h3-4,9,11-12,18,20,24,27H,5-8,13-17,32H2,1-2H3/t18-,20+,24-,27-/m1/s1. The van der Waals surface area contributed by atoms with Crippen molar-refractivity contribution < 1.29 is 13.5 Å². The molecule has 3 fully saturated rings. The first kappa shape index (κ1) is 26.8. The molecule has 3 aromatic heterocycles. The van der Waals surface area contributed by atoms with E-state index in [9.17, 15) is 9.65 Å². The molecule has 3 aromatic rings. The molecular formula is C28H35F2N9O. The molecule has 0 bridgehead atoms. The molecule has 0 radical (unpaired) electrons. The van der Waals surface area contributed by atoms with Crippen molar-refractivity contribution in [2.24, 2.45) is 5.73 Å². The Bertz CT molecular complexity index is 1420. The smallest absolute Gasteiger partial charge is 0.171 e. The molecule has 212 valence electrons. The van der Waals surface area contributed by atoms with Gasteiger partial charge >= 0.3 is 0 Å². The summed E-state index contributed by atoms with van der Waals surface area (Å²) in [4.78, 5) is 13.5. The number of halogens is 2. The number of aromatic nitrogens is 3. The Hall–Kier alpha value is -3.37. The zero-order chi connectivity index (χ0) is 28.0. The summed E-state index contributed by atoms with van der Waals surface area (Å²) >= 11 is 0. The van der Waals surface area contributed by atoms with Crippen molar-refractivity contribution in [3.63, 3.8) is 0 Å². The number of hydrogen-bond donors (Lipinski definition) is 1. The summed E-state index contributed by atoms with van der Waals surface area (Å²) in [5.41, 5.74) is 8.71. The number of ether oxygens (including phenoxy) is 1. The first-order valence-corrected chi connectivity index (χ1v) is 13.8. The number of methoxy groups -OCH3 is 1. The van der Waals surface area contributed by atoms with Crippen LogP contribution in [0.15, 0.2) is 30.6 Å². The van der Waals surface area contributed by atoms with Gasteiger partial charge in [-0.1, -0.05) is 0 Å². The number of anilines is 2. The first-order chi connectivity index (χ1) is 19.4. The van der Waals surface area contributed by atoms with Gasteiger partial charge in [-0.15, -0.1) is 0 Å². The predicted molar refractivity (Wildman–Crippen MR) is 147 cm³/mol. The fourth-order valence-corrected chi connectivity index (χ4v) is 6.54. The maximum atomic E-state index is 15.2. The lowest BCUT2D eigenvalue weighted by atomic mass is 10.0. The van der Waals surface area contributed by atoms with Crippen molar-refractivity contribution >= 4 is 16.9 Å². The van der Waals surface area contributed by atoms with Crippen LogP contribution in [0, 0.1) is 23.0 Å². The van der Waals surface area contributed by atoms with Gasteiger partial charge in [0.1, 0.15) is 23.1 Å². The van der Waals surface area contributed by atoms with Gasteiger partial charge in [0.2, 0.25) is 0 Å². The van der Waals surface area contributed by atoms with Crippen molar-refractivity contribution in [1.82, 2.24) is 24.4 Å². The first-order valence-electron chi connectivity index (χ1n) is 13.8. The number of rotatable bonds is 5. The highest BCUT2D eigenvalue weighted by Crippen LogP contribution is 2.31. The van der Waals surface area contributed by atoms with Crippen molar-refractivity contribution in [2.45, 2.75) is 44.1 Å². The van der Waals surface area contributed by atoms with Crippen LogP contribution in [0.5, 0.6) is 0 Å². The van der Waals surface area contributed by atoms with Gasteiger partial charge in [-0.2, -0.15) is 10.4 Å². The molecule has 12 heteroatoms. The van der Waals surface area contributed by atoms with E-state index in [4.69, 9.17) is 10.5 Å². The summed E-state index contributed by atoms with van der Waals surface area (Å²) in [5.74, 6) is -0.734. The molecule has 0 aromatic carbocycles. The van der Waals surface area contributed by atoms with Crippen LogP contribution >= 0.6 is 0 Å². The summed E-state index contributed by atoms with van der Waals surface area (Å²) in [6.45, 7) is 7.85. The molecule has 0 unspecified atom stereocenters. The number of fused-ring (bicyclic) bond motifs is 2. The third-order valence-electron chi connectivity index (χ3n) is 8.71. The Morgan fingerprint density at radius 3 is 2.67 bits per heavy atom. The van der Waals surface area contributed by atoms with Crippen LogP contribution in [0.2, 0.25) is 0 Å². The maximum absolute atomic E-state index is 15.2. The van der Waals surface area contributed by atoms with Crippen LogP contribution in [0.4, 0.5) is 20.2 Å². The molecule has 40 heavy (non-hydrogen) atoms. The normalized spacial score (nSPS) is 26.2. The topological polar surface area (TPSA) is 102 Å². The third kappa shape index (κ3) is 4.88. The Balaban J connectivity index is 1.13. The summed E-state index contributed by atoms with van der Waals surface area (Å²) in [5, 5.41) is 13.5. The van der Waals surface area contributed by atoms with Gasteiger partial charge in [0.15, 0.2) is 5.82 Å². The lowest BCUT2D eigenvalue weighted by Gasteiger charge is -2.46. The van der Waals surface area contributed by atoms with Crippen molar-refractivity contribution in [2.75, 3.05) is 62.7 Å². The van der Waals surface area contributed by atoms with Crippen LogP contribution in [-0.4, -0.2) is 102 Å². The van der Waals surface area contributed by atoms with E-state index in [1.54, 1.807) is 25.4 Å². The van der Waals surface area contributed by atoms with Crippen LogP contribution in [0.1, 0.15) is 24.7 Å². The average molecular weight is 552 g/mol. The van der Waals surface area contributed by atoms with Crippen molar-refractivity contribution in [3.05, 3.63) is 53.6 Å². The Kier molecular flexibility index (Phi) is 7.31. The van der Waals surface area contributed by atoms with Crippen molar-refractivity contribution in [3.8, 4) is 6.07 Å². The average Bonchev–Trinajstić information content (AvgIpc) is 3.46. The van der Waals surface area contributed by atoms with Crippen LogP contribution < -0.4 is 15.5 Å². The number of pyridine rings is 2. The largest absolute Gasteiger partial charge is 0.378 e. The lowest BCUT2D eigenvalue weighted by molar-refractivity contribution is 0.108. The van der Waals surface area contributed by atoms with E-state index in [2.05, 4.69) is 37.8 Å². The molecule has 6 heterocycles. The number of nitrogens with two attached hydrogens (primary N) is 1. The molecule has 6 rings (SSSR count). The summed E-state index contributed by atoms with van der Waals surface area (Å²) < 4.78 is 36.7. The number of piperazine rings is 1. The highest BCUT2D eigenvalue weighted by molar-refractivity contribution is 5.75. The van der Waals surface area contributed by atoms with Gasteiger partial charge in [-0.25, -0.2) is 13.3 Å². The second-order valence-electron chi connectivity index (χ2n) is 11.1. The summed E-state index contributed by atoms with van der Waals surface area (Å²) in [7, 11) is 1.65. The SMILES string of the molecule is CO[C@@H]1CN(c2cnc(CN3CC[C@H]4CN(c5ccc(C#N)n6ncc(F)c56)C[C@@H](C)N4CC3)c(F)c2)C[C@H]1N. The number of hydrogen-bond acceptors (Lipinski definition) is 9. The van der Waals surface area contributed by atoms with Gasteiger partial charge < -0.3 is 20.3 Å². The highest BCUT2D eigenvalue weighted by Gasteiger charge is 2.36. The molecule has 2 N–H and O–H groups in total. The summed E-state index contributed by atoms with van der Waals surface area (Å²) in [6.07, 6.45) is 3.73. The van der Waals surface area contributed by atoms with E-state index in [1.807, 2.05) is 11.0 Å². The van der Waals surface area contributed by atoms with Gasteiger partial charge in [0.05, 0.1) is 41.6 Å². The highest BCUT2D eigenvalue weighted by atomic mass is 19.1. The Morgan fingerprint density at radius 1 is 1.07 bits per heavy atom.